The van der Waals surface area contributed by atoms with Gasteiger partial charge in [-0.2, -0.15) is 23.3 Å². The molecular formula is C27H22ClF3N6O3S. The Labute approximate surface area is 240 Å². The number of aryl methyl sites for hydroxylation is 1. The van der Waals surface area contributed by atoms with Crippen molar-refractivity contribution in [2.75, 3.05) is 5.73 Å². The largest absolute Gasteiger partial charge is 0.480 e. The number of hydrogen-bond donors (Lipinski definition) is 3. The Balaban J connectivity index is 1.54. The van der Waals surface area contributed by atoms with Crippen LogP contribution in [0.5, 0.6) is 5.88 Å². The third-order valence-electron chi connectivity index (χ3n) is 6.21. The Bertz CT molecular complexity index is 1740. The summed E-state index contributed by atoms with van der Waals surface area (Å²) in [5, 5.41) is 15.2. The number of fused-ring (bicyclic) bond motifs is 1. The molecule has 0 radical (unpaired) electrons. The summed E-state index contributed by atoms with van der Waals surface area (Å²) in [5.41, 5.74) is 14.3. The molecule has 3 aromatic heterocycles. The van der Waals surface area contributed by atoms with Gasteiger partial charge in [0.05, 0.1) is 16.9 Å². The minimum atomic E-state index is -4.84. The van der Waals surface area contributed by atoms with Crippen molar-refractivity contribution in [1.29, 1.82) is 0 Å². The topological polar surface area (TPSA) is 142 Å². The van der Waals surface area contributed by atoms with E-state index in [1.807, 2.05) is 0 Å². The second kappa shape index (κ2) is 11.0. The molecule has 1 unspecified atom stereocenters. The van der Waals surface area contributed by atoms with Gasteiger partial charge in [-0.05, 0) is 42.7 Å². The lowest BCUT2D eigenvalue weighted by Gasteiger charge is -2.24. The number of anilines is 1. The molecule has 0 aliphatic carbocycles. The molecule has 9 nitrogen and oxygen atoms in total. The second-order valence-electron chi connectivity index (χ2n) is 9.20. The van der Waals surface area contributed by atoms with E-state index < -0.39 is 24.3 Å². The SMILES string of the molecule is Cc1ccn(-c2cc(Cl)ccc2[C@@H](Oc2nc(N)nc3c(-c4ccc(CC(N)C(=O)O)cc4)csc23)C(F)(F)F)n1. The summed E-state index contributed by atoms with van der Waals surface area (Å²) in [6.07, 6.45) is -5.61. The lowest BCUT2D eigenvalue weighted by atomic mass is 10.0. The van der Waals surface area contributed by atoms with E-state index in [0.29, 0.717) is 27.9 Å². The number of carboxylic acid groups (broad SMARTS) is 1. The molecule has 2 atom stereocenters. The third kappa shape index (κ3) is 5.97. The van der Waals surface area contributed by atoms with Gasteiger partial charge < -0.3 is 21.3 Å². The molecule has 0 aliphatic heterocycles. The summed E-state index contributed by atoms with van der Waals surface area (Å²) >= 11 is 7.24. The summed E-state index contributed by atoms with van der Waals surface area (Å²) in [5.74, 6) is -1.70. The van der Waals surface area contributed by atoms with Crippen LogP contribution in [-0.2, 0) is 11.2 Å². The van der Waals surface area contributed by atoms with Crippen LogP contribution in [0.15, 0.2) is 60.1 Å². The van der Waals surface area contributed by atoms with Gasteiger partial charge in [-0.1, -0.05) is 41.9 Å². The first-order chi connectivity index (χ1) is 19.4. The number of rotatable bonds is 8. The normalized spacial score (nSPS) is 13.3. The van der Waals surface area contributed by atoms with Crippen LogP contribution in [-0.4, -0.2) is 43.0 Å². The van der Waals surface area contributed by atoms with Crippen LogP contribution < -0.4 is 16.2 Å². The quantitative estimate of drug-likeness (QED) is 0.205. The molecule has 5 N–H and O–H groups in total. The molecule has 0 aliphatic rings. The monoisotopic (exact) mass is 602 g/mol. The van der Waals surface area contributed by atoms with E-state index in [1.54, 1.807) is 42.6 Å². The van der Waals surface area contributed by atoms with Gasteiger partial charge in [0.2, 0.25) is 17.9 Å². The number of aromatic nitrogens is 4. The second-order valence-corrected chi connectivity index (χ2v) is 10.5. The number of alkyl halides is 3. The number of hydrogen-bond acceptors (Lipinski definition) is 8. The Morgan fingerprint density at radius 1 is 1.17 bits per heavy atom. The zero-order chi connectivity index (χ0) is 29.5. The van der Waals surface area contributed by atoms with Crippen molar-refractivity contribution in [3.8, 4) is 22.7 Å². The van der Waals surface area contributed by atoms with Crippen LogP contribution in [0.1, 0.15) is 22.9 Å². The van der Waals surface area contributed by atoms with Gasteiger partial charge in [0.25, 0.3) is 0 Å². The zero-order valence-corrected chi connectivity index (χ0v) is 22.8. The summed E-state index contributed by atoms with van der Waals surface area (Å²) < 4.78 is 50.8. The summed E-state index contributed by atoms with van der Waals surface area (Å²) in [7, 11) is 0. The highest BCUT2D eigenvalue weighted by Crippen LogP contribution is 2.43. The van der Waals surface area contributed by atoms with Gasteiger partial charge in [0.1, 0.15) is 10.7 Å². The number of benzene rings is 2. The molecule has 0 fully saturated rings. The van der Waals surface area contributed by atoms with E-state index in [-0.39, 0.29) is 39.2 Å². The van der Waals surface area contributed by atoms with E-state index in [2.05, 4.69) is 15.1 Å². The number of carbonyl (C=O) groups is 1. The van der Waals surface area contributed by atoms with E-state index in [1.165, 1.54) is 29.1 Å². The maximum absolute atomic E-state index is 14.5. The highest BCUT2D eigenvalue weighted by molar-refractivity contribution is 7.18. The molecule has 0 saturated heterocycles. The first-order valence-corrected chi connectivity index (χ1v) is 13.3. The highest BCUT2D eigenvalue weighted by atomic mass is 35.5. The lowest BCUT2D eigenvalue weighted by molar-refractivity contribution is -0.198. The van der Waals surface area contributed by atoms with Crippen molar-refractivity contribution >= 4 is 45.1 Å². The molecule has 0 bridgehead atoms. The molecule has 212 valence electrons. The van der Waals surface area contributed by atoms with Crippen LogP contribution in [0.3, 0.4) is 0 Å². The Morgan fingerprint density at radius 2 is 1.90 bits per heavy atom. The molecule has 0 spiro atoms. The Kier molecular flexibility index (Phi) is 7.60. The average Bonchev–Trinajstić information content (AvgIpc) is 3.53. The molecular weight excluding hydrogens is 581 g/mol. The van der Waals surface area contributed by atoms with Gasteiger partial charge in [0, 0.05) is 27.7 Å². The fourth-order valence-corrected chi connectivity index (χ4v) is 5.37. The summed E-state index contributed by atoms with van der Waals surface area (Å²) in [4.78, 5) is 19.3. The van der Waals surface area contributed by atoms with Crippen LogP contribution >= 0.6 is 22.9 Å². The predicted octanol–water partition coefficient (Wildman–Crippen LogP) is 5.72. The van der Waals surface area contributed by atoms with Crippen molar-refractivity contribution in [3.63, 3.8) is 0 Å². The van der Waals surface area contributed by atoms with Gasteiger partial charge in [-0.3, -0.25) is 4.79 Å². The van der Waals surface area contributed by atoms with Crippen LogP contribution in [0, 0.1) is 6.92 Å². The molecule has 14 heteroatoms. The average molecular weight is 603 g/mol. The lowest BCUT2D eigenvalue weighted by Crippen LogP contribution is -2.32. The van der Waals surface area contributed by atoms with Gasteiger partial charge in [-0.25, -0.2) is 9.67 Å². The van der Waals surface area contributed by atoms with Crippen molar-refractivity contribution in [3.05, 3.63) is 82.0 Å². The minimum Gasteiger partial charge on any atom is -0.480 e. The number of carboxylic acids is 1. The smallest absolute Gasteiger partial charge is 0.429 e. The number of thiophene rings is 1. The molecule has 0 saturated carbocycles. The van der Waals surface area contributed by atoms with Crippen LogP contribution in [0.2, 0.25) is 5.02 Å². The van der Waals surface area contributed by atoms with E-state index in [9.17, 15) is 18.0 Å². The van der Waals surface area contributed by atoms with E-state index >= 15 is 0 Å². The Morgan fingerprint density at radius 3 is 2.54 bits per heavy atom. The highest BCUT2D eigenvalue weighted by Gasteiger charge is 2.45. The molecule has 41 heavy (non-hydrogen) atoms. The number of halogens is 4. The maximum Gasteiger partial charge on any atom is 0.429 e. The van der Waals surface area contributed by atoms with Crippen LogP contribution in [0.25, 0.3) is 27.0 Å². The minimum absolute atomic E-state index is 0.0979. The van der Waals surface area contributed by atoms with Gasteiger partial charge >= 0.3 is 12.1 Å². The van der Waals surface area contributed by atoms with Crippen molar-refractivity contribution in [1.82, 2.24) is 19.7 Å². The fourth-order valence-electron chi connectivity index (χ4n) is 4.26. The van der Waals surface area contributed by atoms with Crippen LogP contribution in [0.4, 0.5) is 19.1 Å². The molecule has 2 aromatic carbocycles. The molecule has 0 amide bonds. The van der Waals surface area contributed by atoms with Crippen molar-refractivity contribution < 1.29 is 27.8 Å². The Hall–Kier alpha value is -4.20. The summed E-state index contributed by atoms with van der Waals surface area (Å²) in [6, 6.07) is 11.5. The van der Waals surface area contributed by atoms with Crippen molar-refractivity contribution in [2.45, 2.75) is 31.7 Å². The number of nitrogens with two attached hydrogens (primary N) is 2. The first kappa shape index (κ1) is 28.3. The fraction of sp³-hybridized carbons (Fsp3) is 0.185. The van der Waals surface area contributed by atoms with E-state index in [0.717, 1.165) is 11.3 Å². The van der Waals surface area contributed by atoms with Gasteiger partial charge in [-0.15, -0.1) is 11.3 Å². The van der Waals surface area contributed by atoms with Gasteiger partial charge in [0.15, 0.2) is 0 Å². The standard InChI is InChI=1S/C27H22ClF3N6O3S/c1-13-8-9-37(36-13)20-11-16(28)6-7-17(20)23(27(29,30)31)40-24-22-21(34-26(33)35-24)18(12-41-22)15-4-2-14(3-5-15)10-19(32)25(38)39/h2-9,11-12,19,23H,10,32H2,1H3,(H,38,39)(H2,33,34,35)/t19?,23-/m1/s1. The zero-order valence-electron chi connectivity index (χ0n) is 21.3. The maximum atomic E-state index is 14.5. The first-order valence-electron chi connectivity index (χ1n) is 12.1. The third-order valence-corrected chi connectivity index (χ3v) is 7.40. The number of aliphatic carboxylic acids is 1. The predicted molar refractivity (Wildman–Crippen MR) is 149 cm³/mol. The summed E-state index contributed by atoms with van der Waals surface area (Å²) in [6.45, 7) is 1.71. The number of nitrogens with zero attached hydrogens (tertiary/aromatic N) is 4. The number of nitrogen functional groups attached to an aromatic ring is 1. The number of ether oxygens (including phenoxy) is 1. The molecule has 3 heterocycles. The molecule has 5 rings (SSSR count). The van der Waals surface area contributed by atoms with E-state index in [4.69, 9.17) is 32.9 Å². The van der Waals surface area contributed by atoms with Crippen molar-refractivity contribution in [2.24, 2.45) is 5.73 Å². The molecule has 5 aromatic rings.